The Labute approximate surface area is 57.0 Å². The number of carbonyl (C=O) groups is 1. The van der Waals surface area contributed by atoms with Crippen LogP contribution in [0.1, 0.15) is 6.92 Å². The highest BCUT2D eigenvalue weighted by molar-refractivity contribution is 8.21. The molecule has 2 heteroatoms. The topological polar surface area (TPSA) is 17.1 Å². The molecule has 0 N–H and O–H groups in total. The van der Waals surface area contributed by atoms with Gasteiger partial charge >= 0.3 is 0 Å². The van der Waals surface area contributed by atoms with Crippen molar-refractivity contribution in [2.75, 3.05) is 0 Å². The molecule has 0 bridgehead atoms. The maximum absolute atomic E-state index is 10.5. The minimum absolute atomic E-state index is 0.00694. The molecule has 0 atom stereocenters. The fraction of sp³-hybridized carbons (Fsp3) is 0.143. The van der Waals surface area contributed by atoms with Crippen LogP contribution in [0.25, 0.3) is 0 Å². The third kappa shape index (κ3) is 1.98. The summed E-state index contributed by atoms with van der Waals surface area (Å²) >= 11 is 0. The molecular formula is C7H8OS. The SMILES string of the molecule is CC(=O)C=S1C=CC=C1. The maximum atomic E-state index is 10.5. The van der Waals surface area contributed by atoms with Crippen LogP contribution in [-0.2, 0) is 4.79 Å². The standard InChI is InChI=1S/C7H8OS/c1-7(8)6-9-4-2-3-5-9/h2-6H,1H3. The van der Waals surface area contributed by atoms with E-state index in [0.717, 1.165) is 0 Å². The van der Waals surface area contributed by atoms with Gasteiger partial charge < -0.3 is 0 Å². The Kier molecular flexibility index (Phi) is 2.01. The van der Waals surface area contributed by atoms with Crippen LogP contribution in [0.4, 0.5) is 0 Å². The van der Waals surface area contributed by atoms with Gasteiger partial charge in [0.05, 0.1) is 0 Å². The van der Waals surface area contributed by atoms with Gasteiger partial charge in [0.15, 0.2) is 5.78 Å². The third-order valence-corrected chi connectivity index (χ3v) is 2.43. The quantitative estimate of drug-likeness (QED) is 0.506. The van der Waals surface area contributed by atoms with E-state index in [1.807, 2.05) is 23.0 Å². The molecule has 0 amide bonds. The van der Waals surface area contributed by atoms with Crippen molar-refractivity contribution in [3.05, 3.63) is 23.0 Å². The smallest absolute Gasteiger partial charge is 0.158 e. The Hall–Kier alpha value is -0.630. The van der Waals surface area contributed by atoms with Crippen molar-refractivity contribution >= 4 is 21.6 Å². The number of ketones is 1. The van der Waals surface area contributed by atoms with Crippen molar-refractivity contribution in [3.8, 4) is 0 Å². The van der Waals surface area contributed by atoms with Crippen LogP contribution in [0, 0.1) is 0 Å². The molecule has 1 heterocycles. The second-order valence-corrected chi connectivity index (χ2v) is 3.39. The van der Waals surface area contributed by atoms with Crippen LogP contribution in [0.2, 0.25) is 0 Å². The van der Waals surface area contributed by atoms with E-state index < -0.39 is 0 Å². The third-order valence-electron chi connectivity index (χ3n) is 0.885. The summed E-state index contributed by atoms with van der Waals surface area (Å²) in [5, 5.41) is 5.75. The van der Waals surface area contributed by atoms with Crippen molar-refractivity contribution in [2.24, 2.45) is 0 Å². The lowest BCUT2D eigenvalue weighted by Crippen LogP contribution is -1.87. The Morgan fingerprint density at radius 1 is 1.44 bits per heavy atom. The Balaban J connectivity index is 2.73. The molecule has 0 spiro atoms. The van der Waals surface area contributed by atoms with Crippen molar-refractivity contribution in [2.45, 2.75) is 6.92 Å². The number of hydrogen-bond acceptors (Lipinski definition) is 1. The summed E-state index contributed by atoms with van der Waals surface area (Å²) in [7, 11) is 0.00694. The zero-order valence-corrected chi connectivity index (χ0v) is 6.02. The summed E-state index contributed by atoms with van der Waals surface area (Å²) in [6.45, 7) is 1.58. The van der Waals surface area contributed by atoms with Crippen LogP contribution in [0.5, 0.6) is 0 Å². The van der Waals surface area contributed by atoms with Gasteiger partial charge in [-0.3, -0.25) is 4.79 Å². The number of hydrogen-bond donors (Lipinski definition) is 0. The Bertz CT molecular complexity index is 197. The van der Waals surface area contributed by atoms with Gasteiger partial charge in [-0.1, -0.05) is 12.2 Å². The molecule has 0 aliphatic carbocycles. The average molecular weight is 140 g/mol. The lowest BCUT2D eigenvalue weighted by atomic mass is 10.5. The molecule has 0 saturated heterocycles. The van der Waals surface area contributed by atoms with E-state index in [-0.39, 0.29) is 16.3 Å². The van der Waals surface area contributed by atoms with Crippen LogP contribution in [-0.4, -0.2) is 11.2 Å². The summed E-state index contributed by atoms with van der Waals surface area (Å²) < 4.78 is 0. The van der Waals surface area contributed by atoms with Gasteiger partial charge in [-0.15, -0.1) is 10.5 Å². The van der Waals surface area contributed by atoms with E-state index in [1.165, 1.54) is 0 Å². The maximum Gasteiger partial charge on any atom is 0.158 e. The molecule has 0 saturated carbocycles. The Morgan fingerprint density at radius 2 is 2.00 bits per heavy atom. The van der Waals surface area contributed by atoms with E-state index in [2.05, 4.69) is 0 Å². The summed E-state index contributed by atoms with van der Waals surface area (Å²) in [5.74, 6) is 0.148. The van der Waals surface area contributed by atoms with E-state index in [1.54, 1.807) is 12.3 Å². The van der Waals surface area contributed by atoms with Gasteiger partial charge in [-0.05, 0) is 17.7 Å². The largest absolute Gasteiger partial charge is 0.295 e. The van der Waals surface area contributed by atoms with Crippen LogP contribution < -0.4 is 0 Å². The molecule has 0 radical (unpaired) electrons. The highest BCUT2D eigenvalue weighted by Gasteiger charge is 1.89. The molecule has 0 aromatic rings. The second-order valence-electron chi connectivity index (χ2n) is 1.79. The highest BCUT2D eigenvalue weighted by Crippen LogP contribution is 2.20. The highest BCUT2D eigenvalue weighted by atomic mass is 32.2. The molecule has 48 valence electrons. The first-order valence-electron chi connectivity index (χ1n) is 2.70. The number of carbonyl (C=O) groups excluding carboxylic acids is 1. The van der Waals surface area contributed by atoms with Crippen molar-refractivity contribution in [1.82, 2.24) is 0 Å². The molecule has 0 aromatic carbocycles. The molecule has 1 aliphatic heterocycles. The van der Waals surface area contributed by atoms with Gasteiger partial charge in [0.1, 0.15) is 0 Å². The summed E-state index contributed by atoms with van der Waals surface area (Å²) in [6.07, 6.45) is 3.92. The fourth-order valence-electron chi connectivity index (χ4n) is 0.588. The van der Waals surface area contributed by atoms with Gasteiger partial charge in [-0.25, -0.2) is 0 Å². The van der Waals surface area contributed by atoms with Crippen LogP contribution in [0.3, 0.4) is 0 Å². The van der Waals surface area contributed by atoms with E-state index in [9.17, 15) is 4.79 Å². The van der Waals surface area contributed by atoms with Crippen LogP contribution >= 0.6 is 10.5 Å². The lowest BCUT2D eigenvalue weighted by molar-refractivity contribution is -0.110. The van der Waals surface area contributed by atoms with Crippen molar-refractivity contribution in [3.63, 3.8) is 0 Å². The first-order chi connectivity index (χ1) is 4.29. The monoisotopic (exact) mass is 140 g/mol. The molecule has 0 unspecified atom stereocenters. The molecule has 0 fully saturated rings. The summed E-state index contributed by atoms with van der Waals surface area (Å²) in [6, 6.07) is 0. The summed E-state index contributed by atoms with van der Waals surface area (Å²) in [4.78, 5) is 10.5. The first kappa shape index (κ1) is 6.49. The average Bonchev–Trinajstić information content (AvgIpc) is 2.15. The van der Waals surface area contributed by atoms with Crippen molar-refractivity contribution in [1.29, 1.82) is 0 Å². The van der Waals surface area contributed by atoms with Gasteiger partial charge in [0.2, 0.25) is 0 Å². The minimum Gasteiger partial charge on any atom is -0.295 e. The van der Waals surface area contributed by atoms with Crippen molar-refractivity contribution < 1.29 is 4.79 Å². The molecule has 0 aromatic heterocycles. The van der Waals surface area contributed by atoms with E-state index >= 15 is 0 Å². The number of Topliss-reactive ketones (excluding diaryl/α,β-unsaturated/α-hetero) is 1. The summed E-state index contributed by atoms with van der Waals surface area (Å²) in [5.41, 5.74) is 0. The Morgan fingerprint density at radius 3 is 2.44 bits per heavy atom. The number of rotatable bonds is 1. The normalized spacial score (nSPS) is 16.6. The molecule has 1 nitrogen and oxygen atoms in total. The predicted octanol–water partition coefficient (Wildman–Crippen LogP) is 1.69. The fourth-order valence-corrected chi connectivity index (χ4v) is 1.76. The van der Waals surface area contributed by atoms with Gasteiger partial charge in [-0.2, -0.15) is 0 Å². The lowest BCUT2D eigenvalue weighted by Gasteiger charge is -1.85. The first-order valence-corrected chi connectivity index (χ1v) is 4.11. The molecular weight excluding hydrogens is 132 g/mol. The second kappa shape index (κ2) is 2.78. The predicted molar refractivity (Wildman–Crippen MR) is 42.6 cm³/mol. The van der Waals surface area contributed by atoms with Gasteiger partial charge in [0, 0.05) is 5.37 Å². The number of allylic oxidation sites excluding steroid dienone is 2. The molecule has 1 aliphatic rings. The molecule has 1 rings (SSSR count). The molecule has 9 heavy (non-hydrogen) atoms. The van der Waals surface area contributed by atoms with E-state index in [4.69, 9.17) is 0 Å². The van der Waals surface area contributed by atoms with E-state index in [0.29, 0.717) is 0 Å². The minimum atomic E-state index is 0.00694. The van der Waals surface area contributed by atoms with Gasteiger partial charge in [0.25, 0.3) is 0 Å². The zero-order valence-electron chi connectivity index (χ0n) is 5.20. The zero-order chi connectivity index (χ0) is 6.69. The van der Waals surface area contributed by atoms with Crippen LogP contribution in [0.15, 0.2) is 23.0 Å².